The molecule has 1 aromatic carbocycles. The SMILES string of the molecule is COc1ccc2nc(C(F)(F)F)c(O[C@@H]3C[C@H]4C(=O)NC5(C(=O)NS(=O)(=O)C6(C)CC6)C[C@H]5/C=C\CCCCC[C@H](NC(=O)OCC(C)C)C(=O)N4C3)nc2c1. The maximum atomic E-state index is 14.4. The van der Waals surface area contributed by atoms with Crippen molar-refractivity contribution in [3.8, 4) is 11.6 Å². The Morgan fingerprint density at radius 2 is 1.86 bits per heavy atom. The van der Waals surface area contributed by atoms with Crippen molar-refractivity contribution in [2.24, 2.45) is 11.8 Å². The van der Waals surface area contributed by atoms with Crippen molar-refractivity contribution in [3.63, 3.8) is 0 Å². The number of nitrogens with zero attached hydrogens (tertiary/aromatic N) is 3. The average molecular weight is 809 g/mol. The van der Waals surface area contributed by atoms with E-state index in [1.807, 2.05) is 19.9 Å². The molecular formula is C37H47F3N6O9S. The summed E-state index contributed by atoms with van der Waals surface area (Å²) in [5.41, 5.74) is -3.14. The lowest BCUT2D eigenvalue weighted by molar-refractivity contribution is -0.143. The van der Waals surface area contributed by atoms with Crippen LogP contribution in [0.4, 0.5) is 18.0 Å². The molecule has 1 unspecified atom stereocenters. The summed E-state index contributed by atoms with van der Waals surface area (Å²) in [5.74, 6) is -3.64. The van der Waals surface area contributed by atoms with E-state index >= 15 is 0 Å². The van der Waals surface area contributed by atoms with Gasteiger partial charge in [-0.15, -0.1) is 0 Å². The van der Waals surface area contributed by atoms with Gasteiger partial charge in [0.15, 0.2) is 0 Å². The smallest absolute Gasteiger partial charge is 0.438 e. The molecule has 0 radical (unpaired) electrons. The summed E-state index contributed by atoms with van der Waals surface area (Å²) in [4.78, 5) is 64.3. The van der Waals surface area contributed by atoms with Gasteiger partial charge in [0.1, 0.15) is 29.5 Å². The first kappa shape index (κ1) is 41.0. The van der Waals surface area contributed by atoms with Crippen molar-refractivity contribution in [1.29, 1.82) is 0 Å². The molecule has 2 aromatic rings. The number of hydrogen-bond acceptors (Lipinski definition) is 11. The fourth-order valence-electron chi connectivity index (χ4n) is 6.94. The highest BCUT2D eigenvalue weighted by atomic mass is 32.2. The molecule has 19 heteroatoms. The second-order valence-electron chi connectivity index (χ2n) is 15.6. The van der Waals surface area contributed by atoms with E-state index in [1.165, 1.54) is 32.2 Å². The van der Waals surface area contributed by atoms with Crippen molar-refractivity contribution in [2.45, 2.75) is 113 Å². The Bertz CT molecular complexity index is 2010. The molecule has 2 saturated carbocycles. The maximum absolute atomic E-state index is 14.4. The van der Waals surface area contributed by atoms with Crippen LogP contribution in [0, 0.1) is 11.8 Å². The summed E-state index contributed by atoms with van der Waals surface area (Å²) < 4.78 is 86.6. The molecule has 4 aliphatic rings. The molecule has 5 atom stereocenters. The van der Waals surface area contributed by atoms with Gasteiger partial charge in [0.05, 0.1) is 36.0 Å². The molecular weight excluding hydrogens is 762 g/mol. The Hall–Kier alpha value is -4.68. The minimum Gasteiger partial charge on any atom is -0.497 e. The number of rotatable bonds is 9. The first-order valence-electron chi connectivity index (χ1n) is 18.7. The Labute approximate surface area is 322 Å². The van der Waals surface area contributed by atoms with E-state index in [0.29, 0.717) is 44.3 Å². The summed E-state index contributed by atoms with van der Waals surface area (Å²) >= 11 is 0. The first-order chi connectivity index (χ1) is 26.4. The largest absolute Gasteiger partial charge is 0.497 e. The number of aromatic nitrogens is 2. The van der Waals surface area contributed by atoms with Crippen molar-refractivity contribution >= 4 is 44.9 Å². The van der Waals surface area contributed by atoms with Gasteiger partial charge in [-0.25, -0.2) is 23.2 Å². The number of alkyl halides is 3. The maximum Gasteiger partial charge on any atom is 0.438 e. The van der Waals surface area contributed by atoms with Crippen LogP contribution in [0.5, 0.6) is 11.6 Å². The highest BCUT2D eigenvalue weighted by Crippen LogP contribution is 2.47. The fourth-order valence-corrected chi connectivity index (χ4v) is 8.25. The van der Waals surface area contributed by atoms with Gasteiger partial charge in [0.25, 0.3) is 5.91 Å². The zero-order chi connectivity index (χ0) is 40.6. The van der Waals surface area contributed by atoms with Crippen LogP contribution in [-0.4, -0.2) is 95.8 Å². The van der Waals surface area contributed by atoms with Gasteiger partial charge < -0.3 is 29.7 Å². The first-order valence-corrected chi connectivity index (χ1v) is 20.2. The Morgan fingerprint density at radius 1 is 1.11 bits per heavy atom. The van der Waals surface area contributed by atoms with Gasteiger partial charge in [0.2, 0.25) is 33.4 Å². The Kier molecular flexibility index (Phi) is 11.5. The zero-order valence-electron chi connectivity index (χ0n) is 31.6. The zero-order valence-corrected chi connectivity index (χ0v) is 32.4. The summed E-state index contributed by atoms with van der Waals surface area (Å²) in [5, 5.41) is 5.32. The van der Waals surface area contributed by atoms with E-state index in [4.69, 9.17) is 14.2 Å². The third-order valence-corrected chi connectivity index (χ3v) is 12.9. The number of methoxy groups -OCH3 is 1. The Balaban J connectivity index is 1.34. The van der Waals surface area contributed by atoms with Crippen LogP contribution in [0.2, 0.25) is 0 Å². The molecule has 1 saturated heterocycles. The van der Waals surface area contributed by atoms with E-state index < -0.39 is 92.5 Å². The van der Waals surface area contributed by atoms with E-state index in [2.05, 4.69) is 25.3 Å². The third kappa shape index (κ3) is 8.81. The molecule has 15 nitrogen and oxygen atoms in total. The lowest BCUT2D eigenvalue weighted by atomic mass is 10.0. The second-order valence-corrected chi connectivity index (χ2v) is 17.8. The van der Waals surface area contributed by atoms with Gasteiger partial charge in [-0.3, -0.25) is 19.1 Å². The molecule has 2 aliphatic carbocycles. The standard InChI is InChI=1S/C37H47F3N6O9S/c1-21(2)20-54-34(50)43-26-11-9-7-5-6-8-10-22-18-36(22,33(49)45-56(51,52)35(3)14-15-35)44-30(47)28-17-24(19-46(28)32(26)48)55-31-29(37(38,39)40)41-25-13-12-23(53-4)16-27(25)42-31/h8,10,12-13,16,21-22,24,26,28H,5-7,9,11,14-15,17-20H2,1-4H3,(H,43,50)(H,44,47)(H,45,49)/b10-8-/t22-,24-,26+,28+,36?/m1/s1. The highest BCUT2D eigenvalue weighted by Gasteiger charge is 2.63. The number of hydrogen-bond donors (Lipinski definition) is 3. The Morgan fingerprint density at radius 3 is 2.54 bits per heavy atom. The fraction of sp³-hybridized carbons (Fsp3) is 0.622. The predicted molar refractivity (Wildman–Crippen MR) is 195 cm³/mol. The number of amides is 4. The minimum atomic E-state index is -5.00. The molecule has 2 aliphatic heterocycles. The van der Waals surface area contributed by atoms with Crippen molar-refractivity contribution < 1.29 is 55.0 Å². The van der Waals surface area contributed by atoms with Crippen LogP contribution < -0.4 is 24.8 Å². The van der Waals surface area contributed by atoms with Crippen LogP contribution >= 0.6 is 0 Å². The molecule has 0 bridgehead atoms. The van der Waals surface area contributed by atoms with Crippen LogP contribution in [0.3, 0.4) is 0 Å². The molecule has 0 spiro atoms. The van der Waals surface area contributed by atoms with Crippen LogP contribution in [0.1, 0.15) is 84.3 Å². The van der Waals surface area contributed by atoms with Crippen molar-refractivity contribution in [1.82, 2.24) is 30.2 Å². The van der Waals surface area contributed by atoms with E-state index in [1.54, 1.807) is 6.08 Å². The summed E-state index contributed by atoms with van der Waals surface area (Å²) in [6, 6.07) is 1.54. The summed E-state index contributed by atoms with van der Waals surface area (Å²) in [6.07, 6.45) is -0.390. The third-order valence-electron chi connectivity index (χ3n) is 10.7. The number of allylic oxidation sites excluding steroid dienone is 1. The van der Waals surface area contributed by atoms with Gasteiger partial charge >= 0.3 is 12.3 Å². The number of ether oxygens (including phenoxy) is 3. The monoisotopic (exact) mass is 808 g/mol. The summed E-state index contributed by atoms with van der Waals surface area (Å²) in [7, 11) is -2.71. The van der Waals surface area contributed by atoms with Crippen LogP contribution in [-0.2, 0) is 35.3 Å². The average Bonchev–Trinajstić information content (AvgIpc) is 4.01. The number of nitrogens with one attached hydrogen (secondary N) is 3. The lowest BCUT2D eigenvalue weighted by Gasteiger charge is -2.30. The minimum absolute atomic E-state index is 0.000719. The quantitative estimate of drug-likeness (QED) is 0.308. The number of halogens is 3. The van der Waals surface area contributed by atoms with E-state index in [-0.39, 0.29) is 42.8 Å². The molecule has 56 heavy (non-hydrogen) atoms. The normalized spacial score (nSPS) is 27.2. The summed E-state index contributed by atoms with van der Waals surface area (Å²) in [6.45, 7) is 4.87. The molecule has 3 fully saturated rings. The highest BCUT2D eigenvalue weighted by molar-refractivity contribution is 7.91. The number of fused-ring (bicyclic) bond motifs is 3. The molecule has 3 heterocycles. The molecule has 1 aromatic heterocycles. The van der Waals surface area contributed by atoms with Crippen LogP contribution in [0.25, 0.3) is 11.0 Å². The number of carbonyl (C=O) groups is 4. The van der Waals surface area contributed by atoms with Gasteiger partial charge in [-0.05, 0) is 63.5 Å². The molecule has 4 amide bonds. The predicted octanol–water partition coefficient (Wildman–Crippen LogP) is 4.15. The molecule has 306 valence electrons. The topological polar surface area (TPSA) is 195 Å². The number of carbonyl (C=O) groups excluding carboxylic acids is 4. The number of alkyl carbamates (subject to hydrolysis) is 1. The lowest BCUT2D eigenvalue weighted by Crippen LogP contribution is -2.58. The molecule has 3 N–H and O–H groups in total. The van der Waals surface area contributed by atoms with Crippen molar-refractivity contribution in [2.75, 3.05) is 20.3 Å². The van der Waals surface area contributed by atoms with Gasteiger partial charge in [-0.1, -0.05) is 38.8 Å². The molecule has 6 rings (SSSR count). The van der Waals surface area contributed by atoms with Crippen molar-refractivity contribution in [3.05, 3.63) is 36.0 Å². The number of benzene rings is 1. The van der Waals surface area contributed by atoms with Gasteiger partial charge in [-0.2, -0.15) is 13.2 Å². The van der Waals surface area contributed by atoms with E-state index in [0.717, 1.165) is 4.90 Å². The van der Waals surface area contributed by atoms with E-state index in [9.17, 15) is 40.8 Å². The second kappa shape index (κ2) is 15.7. The van der Waals surface area contributed by atoms with Crippen LogP contribution in [0.15, 0.2) is 30.4 Å². The van der Waals surface area contributed by atoms with Gasteiger partial charge in [0, 0.05) is 18.4 Å². The number of sulfonamides is 1.